The lowest BCUT2D eigenvalue weighted by Gasteiger charge is -2.07. The number of hydrogen-bond donors (Lipinski definition) is 1. The Morgan fingerprint density at radius 2 is 1.25 bits per heavy atom. The number of rotatable bonds is 2. The summed E-state index contributed by atoms with van der Waals surface area (Å²) in [5.74, 6) is 0. The minimum Gasteiger partial charge on any atom is -0.324 e. The van der Waals surface area contributed by atoms with Gasteiger partial charge in [-0.3, -0.25) is 0 Å². The Labute approximate surface area is 96.9 Å². The molecule has 0 radical (unpaired) electrons. The molecule has 0 fully saturated rings. The molecule has 0 saturated heterocycles. The van der Waals surface area contributed by atoms with E-state index in [4.69, 9.17) is 5.73 Å². The molecule has 1 atom stereocenters. The van der Waals surface area contributed by atoms with E-state index in [1.165, 1.54) is 22.3 Å². The highest BCUT2D eigenvalue weighted by molar-refractivity contribution is 5.63. The van der Waals surface area contributed by atoms with Crippen molar-refractivity contribution < 1.29 is 0 Å². The van der Waals surface area contributed by atoms with Crippen LogP contribution < -0.4 is 5.73 Å². The fourth-order valence-corrected chi connectivity index (χ4v) is 1.73. The van der Waals surface area contributed by atoms with E-state index < -0.39 is 0 Å². The predicted octanol–water partition coefficient (Wildman–Crippen LogP) is 3.68. The van der Waals surface area contributed by atoms with Crippen LogP contribution in [0.4, 0.5) is 0 Å². The molecule has 0 spiro atoms. The van der Waals surface area contributed by atoms with E-state index in [2.05, 4.69) is 55.5 Å². The van der Waals surface area contributed by atoms with Crippen molar-refractivity contribution in [1.29, 1.82) is 0 Å². The van der Waals surface area contributed by atoms with E-state index in [-0.39, 0.29) is 6.04 Å². The van der Waals surface area contributed by atoms with E-state index in [1.54, 1.807) is 0 Å². The molecule has 2 aromatic rings. The van der Waals surface area contributed by atoms with Gasteiger partial charge in [0.15, 0.2) is 0 Å². The van der Waals surface area contributed by atoms with Crippen LogP contribution in [0, 0.1) is 6.92 Å². The summed E-state index contributed by atoms with van der Waals surface area (Å²) in [6.45, 7) is 4.10. The molecule has 1 heteroatoms. The third-order valence-corrected chi connectivity index (χ3v) is 2.82. The Hall–Kier alpha value is -1.60. The molecule has 0 aliphatic rings. The summed E-state index contributed by atoms with van der Waals surface area (Å²) in [5.41, 5.74) is 10.8. The number of benzene rings is 2. The molecule has 2 aromatic carbocycles. The number of hydrogen-bond acceptors (Lipinski definition) is 1. The van der Waals surface area contributed by atoms with Crippen LogP contribution in [0.2, 0.25) is 0 Å². The molecule has 0 aliphatic carbocycles. The van der Waals surface area contributed by atoms with Gasteiger partial charge >= 0.3 is 0 Å². The van der Waals surface area contributed by atoms with E-state index >= 15 is 0 Å². The summed E-state index contributed by atoms with van der Waals surface area (Å²) in [6, 6.07) is 17.1. The maximum absolute atomic E-state index is 5.82. The fourth-order valence-electron chi connectivity index (χ4n) is 1.73. The van der Waals surface area contributed by atoms with Crippen molar-refractivity contribution in [2.75, 3.05) is 0 Å². The second-order valence-corrected chi connectivity index (χ2v) is 4.28. The topological polar surface area (TPSA) is 26.0 Å². The van der Waals surface area contributed by atoms with Crippen molar-refractivity contribution in [2.45, 2.75) is 19.9 Å². The van der Waals surface area contributed by atoms with Crippen LogP contribution in [0.1, 0.15) is 24.1 Å². The third kappa shape index (κ3) is 2.31. The average Bonchev–Trinajstić information content (AvgIpc) is 2.30. The van der Waals surface area contributed by atoms with Crippen LogP contribution in [0.5, 0.6) is 0 Å². The quantitative estimate of drug-likeness (QED) is 0.805. The Morgan fingerprint density at radius 3 is 1.69 bits per heavy atom. The van der Waals surface area contributed by atoms with Crippen molar-refractivity contribution in [3.63, 3.8) is 0 Å². The standard InChI is InChI=1S/C15H17N/c1-11-3-5-14(6-4-11)15-9-7-13(8-10-15)12(2)16/h3-10,12H,16H2,1-2H3/t12-/m0/s1. The van der Waals surface area contributed by atoms with Gasteiger partial charge in [-0.2, -0.15) is 0 Å². The normalized spacial score (nSPS) is 12.4. The molecule has 1 nitrogen and oxygen atoms in total. The minimum absolute atomic E-state index is 0.104. The highest BCUT2D eigenvalue weighted by Crippen LogP contribution is 2.21. The van der Waals surface area contributed by atoms with E-state index in [9.17, 15) is 0 Å². The molecular weight excluding hydrogens is 194 g/mol. The minimum atomic E-state index is 0.104. The van der Waals surface area contributed by atoms with Gasteiger partial charge in [0, 0.05) is 6.04 Å². The number of aryl methyl sites for hydroxylation is 1. The lowest BCUT2D eigenvalue weighted by molar-refractivity contribution is 0.818. The molecule has 0 saturated carbocycles. The van der Waals surface area contributed by atoms with Crippen molar-refractivity contribution in [1.82, 2.24) is 0 Å². The van der Waals surface area contributed by atoms with Crippen LogP contribution in [-0.4, -0.2) is 0 Å². The zero-order valence-electron chi connectivity index (χ0n) is 9.77. The second-order valence-electron chi connectivity index (χ2n) is 4.28. The molecule has 2 N–H and O–H groups in total. The Kier molecular flexibility index (Phi) is 3.07. The second kappa shape index (κ2) is 4.50. The summed E-state index contributed by atoms with van der Waals surface area (Å²) < 4.78 is 0. The van der Waals surface area contributed by atoms with Crippen molar-refractivity contribution in [3.05, 3.63) is 59.7 Å². The molecule has 2 rings (SSSR count). The fraction of sp³-hybridized carbons (Fsp3) is 0.200. The van der Waals surface area contributed by atoms with Gasteiger partial charge in [-0.1, -0.05) is 54.1 Å². The highest BCUT2D eigenvalue weighted by atomic mass is 14.6. The van der Waals surface area contributed by atoms with Gasteiger partial charge in [-0.05, 0) is 30.5 Å². The molecule has 82 valence electrons. The van der Waals surface area contributed by atoms with E-state index in [1.807, 2.05) is 6.92 Å². The summed E-state index contributed by atoms with van der Waals surface area (Å²) in [6.07, 6.45) is 0. The SMILES string of the molecule is Cc1ccc(-c2ccc([C@H](C)N)cc2)cc1. The maximum atomic E-state index is 5.82. The Balaban J connectivity index is 2.31. The van der Waals surface area contributed by atoms with Crippen molar-refractivity contribution >= 4 is 0 Å². The first-order valence-electron chi connectivity index (χ1n) is 5.59. The van der Waals surface area contributed by atoms with Crippen LogP contribution in [0.15, 0.2) is 48.5 Å². The molecule has 0 bridgehead atoms. The molecule has 16 heavy (non-hydrogen) atoms. The van der Waals surface area contributed by atoms with Gasteiger partial charge in [-0.15, -0.1) is 0 Å². The van der Waals surface area contributed by atoms with Gasteiger partial charge in [0.05, 0.1) is 0 Å². The summed E-state index contributed by atoms with van der Waals surface area (Å²) in [4.78, 5) is 0. The largest absolute Gasteiger partial charge is 0.324 e. The van der Waals surface area contributed by atoms with Gasteiger partial charge in [0.25, 0.3) is 0 Å². The van der Waals surface area contributed by atoms with Crippen molar-refractivity contribution in [3.8, 4) is 11.1 Å². The molecule has 0 aliphatic heterocycles. The van der Waals surface area contributed by atoms with Crippen LogP contribution in [0.3, 0.4) is 0 Å². The molecule has 0 amide bonds. The van der Waals surface area contributed by atoms with Crippen LogP contribution in [0.25, 0.3) is 11.1 Å². The predicted molar refractivity (Wildman–Crippen MR) is 69.2 cm³/mol. The Morgan fingerprint density at radius 1 is 0.812 bits per heavy atom. The average molecular weight is 211 g/mol. The third-order valence-electron chi connectivity index (χ3n) is 2.82. The van der Waals surface area contributed by atoms with Crippen LogP contribution >= 0.6 is 0 Å². The van der Waals surface area contributed by atoms with Crippen LogP contribution in [-0.2, 0) is 0 Å². The lowest BCUT2D eigenvalue weighted by Crippen LogP contribution is -2.04. The lowest BCUT2D eigenvalue weighted by atomic mass is 10.0. The highest BCUT2D eigenvalue weighted by Gasteiger charge is 2.00. The van der Waals surface area contributed by atoms with Crippen molar-refractivity contribution in [2.24, 2.45) is 5.73 Å². The van der Waals surface area contributed by atoms with E-state index in [0.29, 0.717) is 0 Å². The van der Waals surface area contributed by atoms with Gasteiger partial charge in [0.2, 0.25) is 0 Å². The summed E-state index contributed by atoms with van der Waals surface area (Å²) >= 11 is 0. The first kappa shape index (κ1) is 10.9. The van der Waals surface area contributed by atoms with Gasteiger partial charge in [-0.25, -0.2) is 0 Å². The molecular formula is C15H17N. The molecule has 0 unspecified atom stereocenters. The molecule has 0 heterocycles. The molecule has 0 aromatic heterocycles. The Bertz CT molecular complexity index is 452. The maximum Gasteiger partial charge on any atom is 0.0266 e. The summed E-state index contributed by atoms with van der Waals surface area (Å²) in [5, 5.41) is 0. The van der Waals surface area contributed by atoms with Gasteiger partial charge in [0.1, 0.15) is 0 Å². The van der Waals surface area contributed by atoms with E-state index in [0.717, 1.165) is 0 Å². The van der Waals surface area contributed by atoms with Gasteiger partial charge < -0.3 is 5.73 Å². The first-order valence-corrected chi connectivity index (χ1v) is 5.59. The zero-order valence-corrected chi connectivity index (χ0v) is 9.77. The smallest absolute Gasteiger partial charge is 0.0266 e. The monoisotopic (exact) mass is 211 g/mol. The number of nitrogens with two attached hydrogens (primary N) is 1. The summed E-state index contributed by atoms with van der Waals surface area (Å²) in [7, 11) is 0. The zero-order chi connectivity index (χ0) is 11.5. The first-order chi connectivity index (χ1) is 7.66.